The average molecular weight is 200 g/mol. The van der Waals surface area contributed by atoms with Crippen LogP contribution in [0, 0.1) is 5.82 Å². The van der Waals surface area contributed by atoms with Crippen LogP contribution in [-0.4, -0.2) is 7.05 Å². The molecule has 0 amide bonds. The first-order chi connectivity index (χ1) is 6.24. The number of rotatable bonds is 1. The first-order valence-electron chi connectivity index (χ1n) is 4.38. The molecular formula is C10H11ClFN. The van der Waals surface area contributed by atoms with Gasteiger partial charge in [-0.05, 0) is 37.1 Å². The van der Waals surface area contributed by atoms with E-state index in [1.807, 2.05) is 13.1 Å². The summed E-state index contributed by atoms with van der Waals surface area (Å²) in [7, 11) is 1.90. The molecule has 1 aliphatic carbocycles. The van der Waals surface area contributed by atoms with Crippen LogP contribution in [-0.2, 0) is 6.42 Å². The summed E-state index contributed by atoms with van der Waals surface area (Å²) >= 11 is 5.69. The van der Waals surface area contributed by atoms with Crippen molar-refractivity contribution in [3.05, 3.63) is 34.1 Å². The lowest BCUT2D eigenvalue weighted by atomic mass is 10.1. The second kappa shape index (κ2) is 3.28. The fourth-order valence-electron chi connectivity index (χ4n) is 1.93. The van der Waals surface area contributed by atoms with Gasteiger partial charge in [0.2, 0.25) is 0 Å². The highest BCUT2D eigenvalue weighted by Gasteiger charge is 2.24. The smallest absolute Gasteiger partial charge is 0.145 e. The first kappa shape index (κ1) is 8.97. The van der Waals surface area contributed by atoms with Crippen LogP contribution in [0.25, 0.3) is 0 Å². The van der Waals surface area contributed by atoms with Crippen LogP contribution >= 0.6 is 11.6 Å². The molecule has 1 aromatic carbocycles. The SMILES string of the molecule is CNC1CCc2c1ccc(Cl)c2F. The summed E-state index contributed by atoms with van der Waals surface area (Å²) < 4.78 is 13.5. The third kappa shape index (κ3) is 1.34. The van der Waals surface area contributed by atoms with E-state index in [-0.39, 0.29) is 10.8 Å². The van der Waals surface area contributed by atoms with Crippen molar-refractivity contribution in [2.24, 2.45) is 0 Å². The van der Waals surface area contributed by atoms with Crippen LogP contribution in [0.3, 0.4) is 0 Å². The molecule has 0 aromatic heterocycles. The van der Waals surface area contributed by atoms with Gasteiger partial charge in [0.05, 0.1) is 5.02 Å². The first-order valence-corrected chi connectivity index (χ1v) is 4.76. The zero-order valence-electron chi connectivity index (χ0n) is 7.40. The second-order valence-corrected chi connectivity index (χ2v) is 3.72. The Kier molecular flexibility index (Phi) is 2.26. The molecule has 2 rings (SSSR count). The highest BCUT2D eigenvalue weighted by molar-refractivity contribution is 6.30. The molecular weight excluding hydrogens is 189 g/mol. The standard InChI is InChI=1S/C10H11ClFN/c1-13-9-5-3-7-6(9)2-4-8(11)10(7)12/h2,4,9,13H,3,5H2,1H3. The van der Waals surface area contributed by atoms with Crippen LogP contribution < -0.4 is 5.32 Å². The summed E-state index contributed by atoms with van der Waals surface area (Å²) in [4.78, 5) is 0. The molecule has 0 fully saturated rings. The van der Waals surface area contributed by atoms with Gasteiger partial charge < -0.3 is 5.32 Å². The Morgan fingerprint density at radius 2 is 2.31 bits per heavy atom. The lowest BCUT2D eigenvalue weighted by molar-refractivity contribution is 0.589. The molecule has 1 nitrogen and oxygen atoms in total. The Morgan fingerprint density at radius 3 is 3.00 bits per heavy atom. The summed E-state index contributed by atoms with van der Waals surface area (Å²) in [6, 6.07) is 3.84. The van der Waals surface area contributed by atoms with Crippen molar-refractivity contribution < 1.29 is 4.39 Å². The maximum Gasteiger partial charge on any atom is 0.145 e. The van der Waals surface area contributed by atoms with Gasteiger partial charge in [0.15, 0.2) is 0 Å². The predicted molar refractivity (Wildman–Crippen MR) is 51.5 cm³/mol. The van der Waals surface area contributed by atoms with E-state index in [0.29, 0.717) is 6.04 Å². The van der Waals surface area contributed by atoms with Crippen molar-refractivity contribution in [3.8, 4) is 0 Å². The fourth-order valence-corrected chi connectivity index (χ4v) is 2.11. The minimum Gasteiger partial charge on any atom is -0.313 e. The minimum absolute atomic E-state index is 0.232. The number of hydrogen-bond donors (Lipinski definition) is 1. The number of nitrogens with one attached hydrogen (secondary N) is 1. The Labute approximate surface area is 81.9 Å². The van der Waals surface area contributed by atoms with E-state index in [1.165, 1.54) is 0 Å². The molecule has 0 bridgehead atoms. The Hall–Kier alpha value is -0.600. The summed E-state index contributed by atoms with van der Waals surface area (Å²) in [5.74, 6) is -0.239. The van der Waals surface area contributed by atoms with Crippen LogP contribution in [0.2, 0.25) is 5.02 Å². The highest BCUT2D eigenvalue weighted by Crippen LogP contribution is 2.34. The lowest BCUT2D eigenvalue weighted by Gasteiger charge is -2.09. The van der Waals surface area contributed by atoms with Crippen molar-refractivity contribution in [1.82, 2.24) is 5.32 Å². The Morgan fingerprint density at radius 1 is 1.54 bits per heavy atom. The molecule has 0 saturated heterocycles. The van der Waals surface area contributed by atoms with E-state index < -0.39 is 0 Å². The van der Waals surface area contributed by atoms with Crippen molar-refractivity contribution >= 4 is 11.6 Å². The van der Waals surface area contributed by atoms with Crippen molar-refractivity contribution in [1.29, 1.82) is 0 Å². The van der Waals surface area contributed by atoms with Crippen LogP contribution in [0.1, 0.15) is 23.6 Å². The number of fused-ring (bicyclic) bond motifs is 1. The molecule has 1 aromatic rings. The van der Waals surface area contributed by atoms with Gasteiger partial charge >= 0.3 is 0 Å². The normalized spacial score (nSPS) is 20.4. The van der Waals surface area contributed by atoms with E-state index in [9.17, 15) is 4.39 Å². The van der Waals surface area contributed by atoms with Gasteiger partial charge in [0.1, 0.15) is 5.82 Å². The maximum atomic E-state index is 13.5. The van der Waals surface area contributed by atoms with Gasteiger partial charge in [-0.25, -0.2) is 4.39 Å². The molecule has 13 heavy (non-hydrogen) atoms. The third-order valence-corrected chi connectivity index (χ3v) is 2.93. The van der Waals surface area contributed by atoms with Crippen molar-refractivity contribution in [2.45, 2.75) is 18.9 Å². The fraction of sp³-hybridized carbons (Fsp3) is 0.400. The van der Waals surface area contributed by atoms with Crippen molar-refractivity contribution in [2.75, 3.05) is 7.05 Å². The molecule has 0 spiro atoms. The maximum absolute atomic E-state index is 13.5. The van der Waals surface area contributed by atoms with Crippen LogP contribution in [0.5, 0.6) is 0 Å². The Bertz CT molecular complexity index is 338. The molecule has 3 heteroatoms. The molecule has 1 atom stereocenters. The quantitative estimate of drug-likeness (QED) is 0.734. The number of benzene rings is 1. The van der Waals surface area contributed by atoms with Gasteiger partial charge in [0, 0.05) is 6.04 Å². The van der Waals surface area contributed by atoms with E-state index in [4.69, 9.17) is 11.6 Å². The van der Waals surface area contributed by atoms with Gasteiger partial charge in [-0.15, -0.1) is 0 Å². The van der Waals surface area contributed by atoms with Gasteiger partial charge in [-0.3, -0.25) is 0 Å². The van der Waals surface area contributed by atoms with Gasteiger partial charge in [0.25, 0.3) is 0 Å². The molecule has 70 valence electrons. The summed E-state index contributed by atoms with van der Waals surface area (Å²) in [6.07, 6.45) is 1.75. The van der Waals surface area contributed by atoms with E-state index in [0.717, 1.165) is 24.0 Å². The van der Waals surface area contributed by atoms with E-state index >= 15 is 0 Å². The molecule has 0 heterocycles. The molecule has 0 aliphatic heterocycles. The minimum atomic E-state index is -0.239. The molecule has 1 aliphatic rings. The lowest BCUT2D eigenvalue weighted by Crippen LogP contribution is -2.12. The van der Waals surface area contributed by atoms with Gasteiger partial charge in [-0.2, -0.15) is 0 Å². The third-order valence-electron chi connectivity index (χ3n) is 2.64. The Balaban J connectivity index is 2.50. The van der Waals surface area contributed by atoms with E-state index in [1.54, 1.807) is 6.07 Å². The van der Waals surface area contributed by atoms with Crippen LogP contribution in [0.15, 0.2) is 12.1 Å². The van der Waals surface area contributed by atoms with Gasteiger partial charge in [-0.1, -0.05) is 17.7 Å². The van der Waals surface area contributed by atoms with Crippen molar-refractivity contribution in [3.63, 3.8) is 0 Å². The largest absolute Gasteiger partial charge is 0.313 e. The summed E-state index contributed by atoms with van der Waals surface area (Å²) in [6.45, 7) is 0. The average Bonchev–Trinajstić information content (AvgIpc) is 2.55. The molecule has 1 unspecified atom stereocenters. The highest BCUT2D eigenvalue weighted by atomic mass is 35.5. The van der Waals surface area contributed by atoms with E-state index in [2.05, 4.69) is 5.32 Å². The predicted octanol–water partition coefficient (Wildman–Crippen LogP) is 2.69. The molecule has 0 saturated carbocycles. The van der Waals surface area contributed by atoms with Crippen LogP contribution in [0.4, 0.5) is 4.39 Å². The topological polar surface area (TPSA) is 12.0 Å². The second-order valence-electron chi connectivity index (χ2n) is 3.31. The number of halogens is 2. The zero-order chi connectivity index (χ0) is 9.42. The summed E-state index contributed by atoms with van der Waals surface area (Å²) in [5.41, 5.74) is 1.84. The molecule has 0 radical (unpaired) electrons. The zero-order valence-corrected chi connectivity index (χ0v) is 8.16. The number of hydrogen-bond acceptors (Lipinski definition) is 1. The monoisotopic (exact) mass is 199 g/mol. The molecule has 1 N–H and O–H groups in total. The summed E-state index contributed by atoms with van der Waals surface area (Å²) in [5, 5.41) is 3.39.